The number of rotatable bonds is 10. The molecule has 37 heavy (non-hydrogen) atoms. The number of likely N-dealkylation sites (tertiary alicyclic amines) is 1. The molecule has 1 aliphatic heterocycles. The Morgan fingerprint density at radius 1 is 1.24 bits per heavy atom. The quantitative estimate of drug-likeness (QED) is 0.480. The van der Waals surface area contributed by atoms with Gasteiger partial charge in [0.1, 0.15) is 0 Å². The van der Waals surface area contributed by atoms with Crippen molar-refractivity contribution in [2.24, 2.45) is 17.6 Å². The van der Waals surface area contributed by atoms with Crippen LogP contribution in [-0.2, 0) is 4.74 Å². The highest BCUT2D eigenvalue weighted by molar-refractivity contribution is 5.94. The summed E-state index contributed by atoms with van der Waals surface area (Å²) < 4.78 is 46.7. The van der Waals surface area contributed by atoms with Crippen molar-refractivity contribution < 1.29 is 37.0 Å². The van der Waals surface area contributed by atoms with E-state index in [-0.39, 0.29) is 40.9 Å². The molecule has 1 aromatic heterocycles. The molecule has 202 valence electrons. The van der Waals surface area contributed by atoms with Gasteiger partial charge in [0.05, 0.1) is 19.8 Å². The zero-order valence-electron chi connectivity index (χ0n) is 20.9. The molecule has 2 aromatic rings. The fraction of sp³-hybridized carbons (Fsp3) is 0.560. The van der Waals surface area contributed by atoms with E-state index in [2.05, 4.69) is 15.0 Å². The van der Waals surface area contributed by atoms with Crippen LogP contribution in [0.15, 0.2) is 22.6 Å². The molecule has 2 fully saturated rings. The molecule has 2 unspecified atom stereocenters. The Morgan fingerprint density at radius 3 is 2.70 bits per heavy atom. The maximum Gasteiger partial charge on any atom is 0.409 e. The number of nitrogens with two attached hydrogens (primary N) is 1. The number of nitrogens with one attached hydrogen (secondary N) is 1. The number of benzene rings is 1. The van der Waals surface area contributed by atoms with Crippen LogP contribution in [-0.4, -0.2) is 61.8 Å². The van der Waals surface area contributed by atoms with Crippen molar-refractivity contribution in [1.29, 1.82) is 0 Å². The molecule has 12 heteroatoms. The van der Waals surface area contributed by atoms with Gasteiger partial charge in [-0.3, -0.25) is 4.79 Å². The smallest absolute Gasteiger partial charge is 0.409 e. The molecule has 0 bridgehead atoms. The zero-order valence-corrected chi connectivity index (χ0v) is 20.9. The Morgan fingerprint density at radius 2 is 2.03 bits per heavy atom. The maximum atomic E-state index is 13.0. The number of hydrogen-bond acceptors (Lipinski definition) is 8. The minimum atomic E-state index is -3.00. The molecule has 1 saturated heterocycles. The first kappa shape index (κ1) is 26.6. The number of ether oxygens (including phenoxy) is 3. The van der Waals surface area contributed by atoms with Crippen LogP contribution < -0.4 is 20.5 Å². The molecule has 4 rings (SSSR count). The van der Waals surface area contributed by atoms with Gasteiger partial charge in [-0.2, -0.15) is 8.78 Å². The van der Waals surface area contributed by atoms with Gasteiger partial charge in [-0.1, -0.05) is 0 Å². The lowest BCUT2D eigenvalue weighted by Crippen LogP contribution is -2.43. The van der Waals surface area contributed by atoms with Crippen molar-refractivity contribution in [3.05, 3.63) is 29.7 Å². The highest BCUT2D eigenvalue weighted by Crippen LogP contribution is 2.37. The van der Waals surface area contributed by atoms with Gasteiger partial charge in [-0.25, -0.2) is 9.78 Å². The molecule has 10 nitrogen and oxygen atoms in total. The Balaban J connectivity index is 1.50. The molecule has 2 atom stereocenters. The summed E-state index contributed by atoms with van der Waals surface area (Å²) in [5, 5.41) is 2.86. The Labute approximate surface area is 213 Å². The molecule has 1 saturated carbocycles. The van der Waals surface area contributed by atoms with Crippen molar-refractivity contribution in [2.45, 2.75) is 45.3 Å². The van der Waals surface area contributed by atoms with Crippen molar-refractivity contribution in [3.63, 3.8) is 0 Å². The summed E-state index contributed by atoms with van der Waals surface area (Å²) in [6.07, 6.45) is 3.34. The van der Waals surface area contributed by atoms with Gasteiger partial charge in [0.15, 0.2) is 23.0 Å². The standard InChI is InChI=1S/C25H32F2N4O6/c1-14(28)21-20(22(32)29-11-16-4-3-9-31(12-16)25(33)34-2)30-23(37-21)17-7-8-18(36-24(26)27)19(10-17)35-13-15-5-6-15/h7-8,10,14-16,24H,3-6,9,11-13,28H2,1-2H3,(H,29,32). The Hall–Kier alpha value is -3.41. The summed E-state index contributed by atoms with van der Waals surface area (Å²) in [6, 6.07) is 3.74. The summed E-state index contributed by atoms with van der Waals surface area (Å²) in [4.78, 5) is 30.9. The number of nitrogens with zero attached hydrogens (tertiary/aromatic N) is 2. The van der Waals surface area contributed by atoms with E-state index in [0.717, 1.165) is 25.7 Å². The lowest BCUT2D eigenvalue weighted by molar-refractivity contribution is -0.0515. The van der Waals surface area contributed by atoms with Gasteiger partial charge < -0.3 is 34.6 Å². The molecule has 2 aliphatic rings. The number of aromatic nitrogens is 1. The van der Waals surface area contributed by atoms with Crippen LogP contribution in [0.3, 0.4) is 0 Å². The molecule has 1 aromatic carbocycles. The first-order chi connectivity index (χ1) is 17.7. The highest BCUT2D eigenvalue weighted by atomic mass is 19.3. The van der Waals surface area contributed by atoms with Crippen LogP contribution in [0.5, 0.6) is 11.5 Å². The maximum absolute atomic E-state index is 13.0. The molecule has 2 amide bonds. The third kappa shape index (κ3) is 6.88. The van der Waals surface area contributed by atoms with Crippen LogP contribution in [0.25, 0.3) is 11.5 Å². The summed E-state index contributed by atoms with van der Waals surface area (Å²) in [5.74, 6) is 0.352. The van der Waals surface area contributed by atoms with E-state index in [0.29, 0.717) is 37.7 Å². The van der Waals surface area contributed by atoms with E-state index in [1.165, 1.54) is 25.3 Å². The van der Waals surface area contributed by atoms with Crippen molar-refractivity contribution in [1.82, 2.24) is 15.2 Å². The second-order valence-electron chi connectivity index (χ2n) is 9.45. The van der Waals surface area contributed by atoms with Gasteiger partial charge in [-0.05, 0) is 62.6 Å². The number of amides is 2. The predicted molar refractivity (Wildman–Crippen MR) is 128 cm³/mol. The van der Waals surface area contributed by atoms with Crippen molar-refractivity contribution in [2.75, 3.05) is 33.4 Å². The largest absolute Gasteiger partial charge is 0.489 e. The van der Waals surface area contributed by atoms with Gasteiger partial charge in [-0.15, -0.1) is 0 Å². The number of carbonyl (C=O) groups excluding carboxylic acids is 2. The summed E-state index contributed by atoms with van der Waals surface area (Å²) in [5.41, 5.74) is 6.51. The number of alkyl halides is 2. The van der Waals surface area contributed by atoms with Gasteiger partial charge in [0.25, 0.3) is 5.91 Å². The average molecular weight is 523 g/mol. The van der Waals surface area contributed by atoms with Crippen LogP contribution in [0, 0.1) is 11.8 Å². The van der Waals surface area contributed by atoms with E-state index >= 15 is 0 Å². The van der Waals surface area contributed by atoms with E-state index in [1.807, 2.05) is 0 Å². The van der Waals surface area contributed by atoms with Crippen LogP contribution in [0.4, 0.5) is 13.6 Å². The first-order valence-corrected chi connectivity index (χ1v) is 12.3. The van der Waals surface area contributed by atoms with Gasteiger partial charge in [0.2, 0.25) is 5.89 Å². The Bertz CT molecular complexity index is 1100. The molecular formula is C25H32F2N4O6. The molecular weight excluding hydrogens is 490 g/mol. The van der Waals surface area contributed by atoms with E-state index < -0.39 is 18.6 Å². The molecule has 1 aliphatic carbocycles. The fourth-order valence-electron chi connectivity index (χ4n) is 4.21. The third-order valence-corrected chi connectivity index (χ3v) is 6.36. The summed E-state index contributed by atoms with van der Waals surface area (Å²) >= 11 is 0. The van der Waals surface area contributed by atoms with Crippen molar-refractivity contribution in [3.8, 4) is 23.0 Å². The van der Waals surface area contributed by atoms with Crippen LogP contribution >= 0.6 is 0 Å². The highest BCUT2D eigenvalue weighted by Gasteiger charge is 2.28. The SMILES string of the molecule is COC(=O)N1CCCC(CNC(=O)c2nc(-c3ccc(OC(F)F)c(OCC4CC4)c3)oc2C(C)N)C1. The number of hydrogen-bond donors (Lipinski definition) is 2. The summed E-state index contributed by atoms with van der Waals surface area (Å²) in [7, 11) is 1.34. The predicted octanol–water partition coefficient (Wildman–Crippen LogP) is 3.96. The average Bonchev–Trinajstić information content (AvgIpc) is 3.60. The lowest BCUT2D eigenvalue weighted by Gasteiger charge is -2.31. The van der Waals surface area contributed by atoms with Gasteiger partial charge in [0, 0.05) is 25.2 Å². The fourth-order valence-corrected chi connectivity index (χ4v) is 4.21. The number of methoxy groups -OCH3 is 1. The second-order valence-corrected chi connectivity index (χ2v) is 9.45. The summed E-state index contributed by atoms with van der Waals surface area (Å²) in [6.45, 7) is 0.494. The van der Waals surface area contributed by atoms with E-state index in [9.17, 15) is 18.4 Å². The van der Waals surface area contributed by atoms with Crippen LogP contribution in [0.2, 0.25) is 0 Å². The molecule has 0 radical (unpaired) electrons. The van der Waals surface area contributed by atoms with Gasteiger partial charge >= 0.3 is 12.7 Å². The zero-order chi connectivity index (χ0) is 26.5. The number of piperidine rings is 1. The minimum Gasteiger partial charge on any atom is -0.489 e. The monoisotopic (exact) mass is 522 g/mol. The normalized spacial score (nSPS) is 18.4. The number of oxazole rings is 1. The minimum absolute atomic E-state index is 0.0407. The number of halogens is 2. The van der Waals surface area contributed by atoms with E-state index in [1.54, 1.807) is 11.8 Å². The Kier molecular flexibility index (Phi) is 8.47. The van der Waals surface area contributed by atoms with Crippen molar-refractivity contribution >= 4 is 12.0 Å². The lowest BCUT2D eigenvalue weighted by atomic mass is 9.98. The molecule has 0 spiro atoms. The van der Waals surface area contributed by atoms with Crippen LogP contribution in [0.1, 0.15) is 54.9 Å². The first-order valence-electron chi connectivity index (χ1n) is 12.3. The van der Waals surface area contributed by atoms with E-state index in [4.69, 9.17) is 19.6 Å². The molecule has 2 heterocycles. The molecule has 3 N–H and O–H groups in total. The second kappa shape index (κ2) is 11.8. The topological polar surface area (TPSA) is 129 Å². The number of carbonyl (C=O) groups is 2. The third-order valence-electron chi connectivity index (χ3n) is 6.36.